The normalized spacial score (nSPS) is 12.2. The molecule has 2 aromatic carbocycles. The average molecular weight is 518 g/mol. The summed E-state index contributed by atoms with van der Waals surface area (Å²) in [5, 5.41) is 2.94. The van der Waals surface area contributed by atoms with Crippen LogP contribution in [0.1, 0.15) is 64.2 Å². The Labute approximate surface area is 207 Å². The molecule has 0 aliphatic rings. The van der Waals surface area contributed by atoms with Crippen molar-refractivity contribution in [2.24, 2.45) is 0 Å². The van der Waals surface area contributed by atoms with E-state index >= 15 is 0 Å². The summed E-state index contributed by atoms with van der Waals surface area (Å²) in [4.78, 5) is 27.8. The van der Waals surface area contributed by atoms with Gasteiger partial charge < -0.3 is 15.0 Å². The molecule has 0 heterocycles. The molecular weight excluding hydrogens is 480 g/mol. The van der Waals surface area contributed by atoms with Crippen LogP contribution < -0.4 is 10.1 Å². The molecule has 0 aliphatic carbocycles. The molecule has 0 fully saturated rings. The molecule has 180 valence electrons. The second-order valence-corrected chi connectivity index (χ2v) is 10.3. The Bertz CT molecular complexity index is 935. The number of amides is 2. The van der Waals surface area contributed by atoms with Crippen LogP contribution in [0.25, 0.3) is 0 Å². The molecule has 1 atom stereocenters. The molecule has 0 saturated carbocycles. The van der Waals surface area contributed by atoms with Crippen molar-refractivity contribution in [2.75, 3.05) is 13.2 Å². The first kappa shape index (κ1) is 26.9. The summed E-state index contributed by atoms with van der Waals surface area (Å²) in [6.07, 6.45) is 1.37. The molecule has 33 heavy (non-hydrogen) atoms. The summed E-state index contributed by atoms with van der Waals surface area (Å²) in [6.45, 7) is 13.2. The number of benzene rings is 2. The summed E-state index contributed by atoms with van der Waals surface area (Å²) < 4.78 is 6.70. The van der Waals surface area contributed by atoms with Crippen molar-refractivity contribution < 1.29 is 14.3 Å². The van der Waals surface area contributed by atoms with Gasteiger partial charge in [-0.15, -0.1) is 0 Å². The number of carbonyl (C=O) groups is 2. The number of ether oxygens (including phenoxy) is 1. The van der Waals surface area contributed by atoms with Gasteiger partial charge in [-0.25, -0.2) is 0 Å². The van der Waals surface area contributed by atoms with Crippen molar-refractivity contribution in [3.63, 3.8) is 0 Å². The standard InChI is InChI=1S/C27H37BrN2O3/c1-7-15-29-26(32)23(8-2)30(17-20-11-9-19(3)10-12-20)25(31)18-33-24-14-13-21(16-22(24)28)27(4,5)6/h9-14,16,23H,7-8,15,17-18H2,1-6H3,(H,29,32)/t23-/m1/s1. The van der Waals surface area contributed by atoms with Gasteiger partial charge in [-0.3, -0.25) is 9.59 Å². The molecule has 5 nitrogen and oxygen atoms in total. The van der Waals surface area contributed by atoms with E-state index in [-0.39, 0.29) is 23.8 Å². The van der Waals surface area contributed by atoms with Crippen LogP contribution >= 0.6 is 15.9 Å². The lowest BCUT2D eigenvalue weighted by Gasteiger charge is -2.30. The molecule has 1 N–H and O–H groups in total. The fourth-order valence-electron chi connectivity index (χ4n) is 3.48. The molecule has 0 saturated heterocycles. The minimum Gasteiger partial charge on any atom is -0.483 e. The van der Waals surface area contributed by atoms with Crippen LogP contribution in [0.5, 0.6) is 5.75 Å². The van der Waals surface area contributed by atoms with E-state index in [0.29, 0.717) is 25.3 Å². The number of aryl methyl sites for hydroxylation is 1. The fraction of sp³-hybridized carbons (Fsp3) is 0.481. The molecule has 0 spiro atoms. The van der Waals surface area contributed by atoms with Crippen molar-refractivity contribution in [3.05, 3.63) is 63.6 Å². The molecular formula is C27H37BrN2O3. The van der Waals surface area contributed by atoms with Gasteiger partial charge >= 0.3 is 0 Å². The van der Waals surface area contributed by atoms with E-state index in [2.05, 4.69) is 42.0 Å². The first-order valence-electron chi connectivity index (χ1n) is 11.6. The SMILES string of the molecule is CCCNC(=O)[C@@H](CC)N(Cc1ccc(C)cc1)C(=O)COc1ccc(C(C)(C)C)cc1Br. The number of halogens is 1. The number of carbonyl (C=O) groups excluding carboxylic acids is 2. The van der Waals surface area contributed by atoms with Gasteiger partial charge in [-0.1, -0.05) is 70.5 Å². The predicted octanol–water partition coefficient (Wildman–Crippen LogP) is 5.77. The van der Waals surface area contributed by atoms with Crippen molar-refractivity contribution in [1.29, 1.82) is 0 Å². The fourth-order valence-corrected chi connectivity index (χ4v) is 3.98. The summed E-state index contributed by atoms with van der Waals surface area (Å²) in [6, 6.07) is 13.4. The van der Waals surface area contributed by atoms with Gasteiger partial charge in [0.15, 0.2) is 6.61 Å². The van der Waals surface area contributed by atoms with Crippen molar-refractivity contribution in [3.8, 4) is 5.75 Å². The van der Waals surface area contributed by atoms with E-state index in [1.807, 2.05) is 63.2 Å². The Morgan fingerprint density at radius 3 is 2.30 bits per heavy atom. The zero-order valence-electron chi connectivity index (χ0n) is 20.7. The molecule has 2 aromatic rings. The lowest BCUT2D eigenvalue weighted by atomic mass is 9.87. The molecule has 0 radical (unpaired) electrons. The molecule has 0 unspecified atom stereocenters. The molecule has 0 bridgehead atoms. The Morgan fingerprint density at radius 1 is 1.09 bits per heavy atom. The Hall–Kier alpha value is -2.34. The highest BCUT2D eigenvalue weighted by molar-refractivity contribution is 9.10. The van der Waals surface area contributed by atoms with E-state index < -0.39 is 6.04 Å². The van der Waals surface area contributed by atoms with Gasteiger partial charge in [-0.05, 0) is 64.4 Å². The molecule has 2 amide bonds. The van der Waals surface area contributed by atoms with Crippen LogP contribution in [0.2, 0.25) is 0 Å². The van der Waals surface area contributed by atoms with Crippen LogP contribution in [-0.4, -0.2) is 35.9 Å². The first-order valence-corrected chi connectivity index (χ1v) is 12.4. The first-order chi connectivity index (χ1) is 15.6. The van der Waals surface area contributed by atoms with Crippen molar-refractivity contribution in [2.45, 2.75) is 72.4 Å². The lowest BCUT2D eigenvalue weighted by molar-refractivity contribution is -0.143. The summed E-state index contributed by atoms with van der Waals surface area (Å²) in [5.74, 6) is 0.256. The minimum absolute atomic E-state index is 0.0158. The number of hydrogen-bond acceptors (Lipinski definition) is 3. The summed E-state index contributed by atoms with van der Waals surface area (Å²) >= 11 is 3.57. The lowest BCUT2D eigenvalue weighted by Crippen LogP contribution is -2.50. The van der Waals surface area contributed by atoms with E-state index in [1.54, 1.807) is 4.90 Å². The van der Waals surface area contributed by atoms with Gasteiger partial charge in [0.25, 0.3) is 5.91 Å². The van der Waals surface area contributed by atoms with E-state index in [1.165, 1.54) is 5.56 Å². The Balaban J connectivity index is 2.21. The van der Waals surface area contributed by atoms with Crippen LogP contribution in [0.15, 0.2) is 46.9 Å². The highest BCUT2D eigenvalue weighted by Crippen LogP contribution is 2.31. The van der Waals surface area contributed by atoms with Gasteiger partial charge in [0.2, 0.25) is 5.91 Å². The average Bonchev–Trinajstić information content (AvgIpc) is 2.77. The predicted molar refractivity (Wildman–Crippen MR) is 137 cm³/mol. The van der Waals surface area contributed by atoms with E-state index in [0.717, 1.165) is 22.0 Å². The Morgan fingerprint density at radius 2 is 1.76 bits per heavy atom. The maximum Gasteiger partial charge on any atom is 0.261 e. The Kier molecular flexibility index (Phi) is 9.96. The van der Waals surface area contributed by atoms with Crippen LogP contribution in [0.3, 0.4) is 0 Å². The number of hydrogen-bond donors (Lipinski definition) is 1. The molecule has 0 aliphatic heterocycles. The zero-order chi connectivity index (χ0) is 24.6. The number of nitrogens with one attached hydrogen (secondary N) is 1. The third-order valence-electron chi connectivity index (χ3n) is 5.56. The second-order valence-electron chi connectivity index (χ2n) is 9.41. The third-order valence-corrected chi connectivity index (χ3v) is 6.18. The summed E-state index contributed by atoms with van der Waals surface area (Å²) in [5.41, 5.74) is 3.32. The molecule has 2 rings (SSSR count). The maximum atomic E-state index is 13.3. The molecule has 0 aromatic heterocycles. The number of nitrogens with zero attached hydrogens (tertiary/aromatic N) is 1. The van der Waals surface area contributed by atoms with Gasteiger partial charge in [-0.2, -0.15) is 0 Å². The topological polar surface area (TPSA) is 58.6 Å². The molecule has 6 heteroatoms. The monoisotopic (exact) mass is 516 g/mol. The highest BCUT2D eigenvalue weighted by Gasteiger charge is 2.29. The van der Waals surface area contributed by atoms with Crippen molar-refractivity contribution in [1.82, 2.24) is 10.2 Å². The van der Waals surface area contributed by atoms with Crippen molar-refractivity contribution >= 4 is 27.7 Å². The number of rotatable bonds is 10. The van der Waals surface area contributed by atoms with Crippen LogP contribution in [0, 0.1) is 6.92 Å². The minimum atomic E-state index is -0.555. The smallest absolute Gasteiger partial charge is 0.261 e. The zero-order valence-corrected chi connectivity index (χ0v) is 22.3. The highest BCUT2D eigenvalue weighted by atomic mass is 79.9. The second kappa shape index (κ2) is 12.2. The summed E-state index contributed by atoms with van der Waals surface area (Å²) in [7, 11) is 0. The maximum absolute atomic E-state index is 13.3. The van der Waals surface area contributed by atoms with Gasteiger partial charge in [0.05, 0.1) is 4.47 Å². The largest absolute Gasteiger partial charge is 0.483 e. The van der Waals surface area contributed by atoms with Crippen LogP contribution in [-0.2, 0) is 21.5 Å². The van der Waals surface area contributed by atoms with E-state index in [9.17, 15) is 9.59 Å². The quantitative estimate of drug-likeness (QED) is 0.436. The third kappa shape index (κ3) is 7.88. The van der Waals surface area contributed by atoms with E-state index in [4.69, 9.17) is 4.74 Å². The van der Waals surface area contributed by atoms with Gasteiger partial charge in [0.1, 0.15) is 11.8 Å². The van der Waals surface area contributed by atoms with Gasteiger partial charge in [0, 0.05) is 13.1 Å². The van der Waals surface area contributed by atoms with Crippen LogP contribution in [0.4, 0.5) is 0 Å².